The molecule has 94 valence electrons. The lowest BCUT2D eigenvalue weighted by Crippen LogP contribution is -2.42. The van der Waals surface area contributed by atoms with Crippen LogP contribution < -0.4 is 11.5 Å². The van der Waals surface area contributed by atoms with Gasteiger partial charge in [0.1, 0.15) is 0 Å². The summed E-state index contributed by atoms with van der Waals surface area (Å²) in [6.07, 6.45) is 0.782. The van der Waals surface area contributed by atoms with Crippen molar-refractivity contribution in [1.82, 2.24) is 9.80 Å². The number of hydrogen-bond donors (Lipinski definition) is 2. The fraction of sp³-hybridized carbons (Fsp3) is 0.800. The number of carbonyl (C=O) groups is 2. The number of hydrogen-bond acceptors (Lipinski definition) is 4. The zero-order valence-corrected chi connectivity index (χ0v) is 10.1. The molecule has 0 rings (SSSR count). The maximum absolute atomic E-state index is 11.7. The van der Waals surface area contributed by atoms with Gasteiger partial charge in [-0.05, 0) is 19.5 Å². The molecule has 0 aromatic carbocycles. The summed E-state index contributed by atoms with van der Waals surface area (Å²) >= 11 is 0. The van der Waals surface area contributed by atoms with Crippen molar-refractivity contribution in [2.75, 3.05) is 39.8 Å². The maximum atomic E-state index is 11.7. The average molecular weight is 230 g/mol. The average Bonchev–Trinajstić information content (AvgIpc) is 2.23. The summed E-state index contributed by atoms with van der Waals surface area (Å²) in [6, 6.07) is 0. The predicted octanol–water partition coefficient (Wildman–Crippen LogP) is -1.40. The van der Waals surface area contributed by atoms with Crippen LogP contribution in [0.15, 0.2) is 0 Å². The van der Waals surface area contributed by atoms with Crippen LogP contribution in [0.1, 0.15) is 13.3 Å². The molecule has 16 heavy (non-hydrogen) atoms. The fourth-order valence-corrected chi connectivity index (χ4v) is 1.27. The Balaban J connectivity index is 4.03. The highest BCUT2D eigenvalue weighted by Gasteiger charge is 2.14. The van der Waals surface area contributed by atoms with Crippen molar-refractivity contribution in [2.24, 2.45) is 11.5 Å². The molecule has 6 heteroatoms. The van der Waals surface area contributed by atoms with Gasteiger partial charge >= 0.3 is 0 Å². The summed E-state index contributed by atoms with van der Waals surface area (Å²) in [5.74, 6) is -0.434. The summed E-state index contributed by atoms with van der Waals surface area (Å²) < 4.78 is 0. The number of primary amides is 1. The Morgan fingerprint density at radius 3 is 2.31 bits per heavy atom. The molecule has 0 saturated carbocycles. The molecule has 0 radical (unpaired) electrons. The monoisotopic (exact) mass is 230 g/mol. The normalized spacial score (nSPS) is 10.5. The Kier molecular flexibility index (Phi) is 7.49. The van der Waals surface area contributed by atoms with E-state index < -0.39 is 5.91 Å². The molecule has 0 atom stereocenters. The third-order valence-electron chi connectivity index (χ3n) is 2.31. The van der Waals surface area contributed by atoms with Gasteiger partial charge in [0.05, 0.1) is 13.1 Å². The third kappa shape index (κ3) is 6.36. The zero-order chi connectivity index (χ0) is 12.6. The van der Waals surface area contributed by atoms with Crippen LogP contribution >= 0.6 is 0 Å². The van der Waals surface area contributed by atoms with Crippen LogP contribution in [-0.2, 0) is 9.59 Å². The topological polar surface area (TPSA) is 92.7 Å². The second-order valence-corrected chi connectivity index (χ2v) is 3.73. The largest absolute Gasteiger partial charge is 0.369 e. The summed E-state index contributed by atoms with van der Waals surface area (Å²) in [7, 11) is 1.73. The standard InChI is InChI=1S/C10H22N4O2/c1-3-14(7-9(12)15)8-10(16)13(2)6-4-5-11/h3-8,11H2,1-2H3,(H2,12,15). The van der Waals surface area contributed by atoms with Crippen LogP contribution in [0.3, 0.4) is 0 Å². The molecule has 0 spiro atoms. The number of carbonyl (C=O) groups excluding carboxylic acids is 2. The highest BCUT2D eigenvalue weighted by Crippen LogP contribution is 1.93. The highest BCUT2D eigenvalue weighted by molar-refractivity contribution is 5.80. The lowest BCUT2D eigenvalue weighted by atomic mass is 10.3. The van der Waals surface area contributed by atoms with Crippen molar-refractivity contribution in [3.8, 4) is 0 Å². The number of likely N-dealkylation sites (N-methyl/N-ethyl adjacent to an activating group) is 2. The first kappa shape index (κ1) is 14.9. The lowest BCUT2D eigenvalue weighted by molar-refractivity contribution is -0.131. The molecule has 4 N–H and O–H groups in total. The fourth-order valence-electron chi connectivity index (χ4n) is 1.27. The summed E-state index contributed by atoms with van der Waals surface area (Å²) in [6.45, 7) is 4.06. The molecular weight excluding hydrogens is 208 g/mol. The van der Waals surface area contributed by atoms with Gasteiger partial charge in [-0.25, -0.2) is 0 Å². The van der Waals surface area contributed by atoms with Crippen LogP contribution in [0.25, 0.3) is 0 Å². The van der Waals surface area contributed by atoms with Crippen molar-refractivity contribution in [3.63, 3.8) is 0 Å². The van der Waals surface area contributed by atoms with Gasteiger partial charge in [0, 0.05) is 13.6 Å². The van der Waals surface area contributed by atoms with E-state index in [4.69, 9.17) is 11.5 Å². The Morgan fingerprint density at radius 2 is 1.88 bits per heavy atom. The highest BCUT2D eigenvalue weighted by atomic mass is 16.2. The van der Waals surface area contributed by atoms with Crippen molar-refractivity contribution in [1.29, 1.82) is 0 Å². The van der Waals surface area contributed by atoms with Gasteiger partial charge in [0.25, 0.3) is 0 Å². The Bertz CT molecular complexity index is 233. The van der Waals surface area contributed by atoms with E-state index in [1.807, 2.05) is 6.92 Å². The number of nitrogens with zero attached hydrogens (tertiary/aromatic N) is 2. The number of nitrogens with two attached hydrogens (primary N) is 2. The third-order valence-corrected chi connectivity index (χ3v) is 2.31. The quantitative estimate of drug-likeness (QED) is 0.536. The van der Waals surface area contributed by atoms with E-state index in [1.165, 1.54) is 0 Å². The summed E-state index contributed by atoms with van der Waals surface area (Å²) in [5.41, 5.74) is 10.4. The molecule has 0 aromatic rings. The van der Waals surface area contributed by atoms with Crippen LogP contribution in [0.5, 0.6) is 0 Å². The molecule has 0 aliphatic heterocycles. The van der Waals surface area contributed by atoms with E-state index in [1.54, 1.807) is 16.8 Å². The van der Waals surface area contributed by atoms with Crippen molar-refractivity contribution in [3.05, 3.63) is 0 Å². The van der Waals surface area contributed by atoms with Crippen molar-refractivity contribution >= 4 is 11.8 Å². The van der Waals surface area contributed by atoms with E-state index in [9.17, 15) is 9.59 Å². The van der Waals surface area contributed by atoms with E-state index in [-0.39, 0.29) is 19.0 Å². The Labute approximate surface area is 96.5 Å². The zero-order valence-electron chi connectivity index (χ0n) is 10.1. The second-order valence-electron chi connectivity index (χ2n) is 3.73. The lowest BCUT2D eigenvalue weighted by Gasteiger charge is -2.22. The Morgan fingerprint density at radius 1 is 1.25 bits per heavy atom. The van der Waals surface area contributed by atoms with Crippen LogP contribution in [-0.4, -0.2) is 61.4 Å². The van der Waals surface area contributed by atoms with Gasteiger partial charge in [-0.1, -0.05) is 6.92 Å². The van der Waals surface area contributed by atoms with Crippen molar-refractivity contribution < 1.29 is 9.59 Å². The SMILES string of the molecule is CCN(CC(N)=O)CC(=O)N(C)CCCN. The van der Waals surface area contributed by atoms with Crippen LogP contribution in [0, 0.1) is 0 Å². The van der Waals surface area contributed by atoms with Crippen molar-refractivity contribution in [2.45, 2.75) is 13.3 Å². The first-order valence-electron chi connectivity index (χ1n) is 5.46. The second kappa shape index (κ2) is 8.06. The van der Waals surface area contributed by atoms with Crippen LogP contribution in [0.2, 0.25) is 0 Å². The molecule has 0 aliphatic carbocycles. The molecule has 0 unspecified atom stereocenters. The first-order chi connectivity index (χ1) is 7.51. The molecule has 0 heterocycles. The van der Waals surface area contributed by atoms with Gasteiger partial charge in [0.2, 0.25) is 11.8 Å². The van der Waals surface area contributed by atoms with Gasteiger partial charge in [-0.15, -0.1) is 0 Å². The predicted molar refractivity (Wildman–Crippen MR) is 62.6 cm³/mol. The van der Waals surface area contributed by atoms with E-state index >= 15 is 0 Å². The number of rotatable bonds is 8. The minimum atomic E-state index is -0.417. The minimum absolute atomic E-state index is 0.0171. The Hall–Kier alpha value is -1.14. The molecular formula is C10H22N4O2. The maximum Gasteiger partial charge on any atom is 0.236 e. The summed E-state index contributed by atoms with van der Waals surface area (Å²) in [5, 5.41) is 0. The van der Waals surface area contributed by atoms with Gasteiger partial charge < -0.3 is 16.4 Å². The summed E-state index contributed by atoms with van der Waals surface area (Å²) in [4.78, 5) is 25.8. The molecule has 2 amide bonds. The molecule has 0 fully saturated rings. The van der Waals surface area contributed by atoms with E-state index in [0.717, 1.165) is 6.42 Å². The molecule has 0 saturated heterocycles. The smallest absolute Gasteiger partial charge is 0.236 e. The van der Waals surface area contributed by atoms with E-state index in [2.05, 4.69) is 0 Å². The van der Waals surface area contributed by atoms with Crippen LogP contribution in [0.4, 0.5) is 0 Å². The molecule has 0 bridgehead atoms. The molecule has 0 aromatic heterocycles. The molecule has 0 aliphatic rings. The molecule has 6 nitrogen and oxygen atoms in total. The first-order valence-corrected chi connectivity index (χ1v) is 5.46. The van der Waals surface area contributed by atoms with Gasteiger partial charge in [0.15, 0.2) is 0 Å². The van der Waals surface area contributed by atoms with E-state index in [0.29, 0.717) is 19.6 Å². The minimum Gasteiger partial charge on any atom is -0.369 e. The van der Waals surface area contributed by atoms with Gasteiger partial charge in [-0.2, -0.15) is 0 Å². The number of amides is 2. The van der Waals surface area contributed by atoms with Gasteiger partial charge in [-0.3, -0.25) is 14.5 Å².